The van der Waals surface area contributed by atoms with E-state index in [2.05, 4.69) is 23.9 Å². The Hall–Kier alpha value is -1.85. The second kappa shape index (κ2) is 6.39. The lowest BCUT2D eigenvalue weighted by Crippen LogP contribution is -2.31. The molecule has 1 saturated heterocycles. The van der Waals surface area contributed by atoms with E-state index in [1.54, 1.807) is 18.2 Å². The largest absolute Gasteiger partial charge is 0.371 e. The lowest BCUT2D eigenvalue weighted by atomic mass is 9.91. The maximum absolute atomic E-state index is 13.1. The van der Waals surface area contributed by atoms with Gasteiger partial charge < -0.3 is 9.80 Å². The number of fused-ring (bicyclic) bond motifs is 3. The van der Waals surface area contributed by atoms with Gasteiger partial charge in [-0.05, 0) is 75.8 Å². The molecule has 2 aromatic carbocycles. The first-order valence-electron chi connectivity index (χ1n) is 9.25. The van der Waals surface area contributed by atoms with E-state index in [4.69, 9.17) is 0 Å². The second-order valence-corrected chi connectivity index (χ2v) is 9.65. The number of rotatable bonds is 2. The molecule has 0 bridgehead atoms. The van der Waals surface area contributed by atoms with Crippen LogP contribution in [0.15, 0.2) is 52.3 Å². The van der Waals surface area contributed by atoms with Crippen LogP contribution in [0.5, 0.6) is 0 Å². The highest BCUT2D eigenvalue weighted by molar-refractivity contribution is 7.91. The van der Waals surface area contributed by atoms with Crippen molar-refractivity contribution in [1.82, 2.24) is 4.90 Å². The Bertz CT molecular complexity index is 922. The number of anilines is 1. The average Bonchev–Trinajstić information content (AvgIpc) is 2.76. The van der Waals surface area contributed by atoms with Crippen LogP contribution in [0.2, 0.25) is 0 Å². The number of hydrogen-bond acceptors (Lipinski definition) is 4. The van der Waals surface area contributed by atoms with Gasteiger partial charge in [0.05, 0.1) is 9.79 Å². The van der Waals surface area contributed by atoms with Crippen molar-refractivity contribution in [3.63, 3.8) is 0 Å². The van der Waals surface area contributed by atoms with Crippen LogP contribution in [0.4, 0.5) is 5.69 Å². The Balaban J connectivity index is 1.75. The lowest BCUT2D eigenvalue weighted by molar-refractivity contribution is 0.345. The Morgan fingerprint density at radius 2 is 1.58 bits per heavy atom. The summed E-state index contributed by atoms with van der Waals surface area (Å²) in [6.07, 6.45) is 2.19. The Kier molecular flexibility index (Phi) is 4.32. The van der Waals surface area contributed by atoms with Gasteiger partial charge in [0.15, 0.2) is 0 Å². The van der Waals surface area contributed by atoms with Gasteiger partial charge in [-0.15, -0.1) is 0 Å². The number of hydrogen-bond donors (Lipinski definition) is 0. The van der Waals surface area contributed by atoms with Crippen molar-refractivity contribution >= 4 is 15.5 Å². The summed E-state index contributed by atoms with van der Waals surface area (Å²) in [6, 6.07) is 13.3. The van der Waals surface area contributed by atoms with Gasteiger partial charge in [-0.1, -0.05) is 17.7 Å². The topological polar surface area (TPSA) is 40.6 Å². The summed E-state index contributed by atoms with van der Waals surface area (Å²) in [5, 5.41) is 0. The van der Waals surface area contributed by atoms with Gasteiger partial charge in [0.1, 0.15) is 0 Å². The Morgan fingerprint density at radius 1 is 0.923 bits per heavy atom. The van der Waals surface area contributed by atoms with E-state index >= 15 is 0 Å². The van der Waals surface area contributed by atoms with Crippen molar-refractivity contribution in [1.29, 1.82) is 0 Å². The zero-order chi connectivity index (χ0) is 18.5. The normalized spacial score (nSPS) is 23.4. The summed E-state index contributed by atoms with van der Waals surface area (Å²) >= 11 is 0. The molecule has 0 N–H and O–H groups in total. The molecule has 4 nitrogen and oxygen atoms in total. The summed E-state index contributed by atoms with van der Waals surface area (Å²) in [7, 11) is 0.827. The molecular formula is C21H26N2O2S. The molecule has 26 heavy (non-hydrogen) atoms. The number of benzene rings is 2. The molecule has 0 aromatic heterocycles. The lowest BCUT2D eigenvalue weighted by Gasteiger charge is -2.25. The highest BCUT2D eigenvalue weighted by Gasteiger charge is 2.38. The highest BCUT2D eigenvalue weighted by Crippen LogP contribution is 2.45. The summed E-state index contributed by atoms with van der Waals surface area (Å²) in [5.74, 6) is 0.410. The summed E-state index contributed by atoms with van der Waals surface area (Å²) in [5.41, 5.74) is 3.44. The van der Waals surface area contributed by atoms with E-state index < -0.39 is 9.84 Å². The fourth-order valence-corrected chi connectivity index (χ4v) is 5.69. The van der Waals surface area contributed by atoms with Gasteiger partial charge in [-0.3, -0.25) is 0 Å². The van der Waals surface area contributed by atoms with Crippen LogP contribution in [-0.2, 0) is 9.84 Å². The predicted molar refractivity (Wildman–Crippen MR) is 105 cm³/mol. The summed E-state index contributed by atoms with van der Waals surface area (Å²) in [6.45, 7) is 4.11. The van der Waals surface area contributed by atoms with Crippen molar-refractivity contribution in [2.24, 2.45) is 0 Å². The molecule has 0 saturated carbocycles. The van der Waals surface area contributed by atoms with Crippen LogP contribution in [0, 0.1) is 6.92 Å². The van der Waals surface area contributed by atoms with Gasteiger partial charge in [-0.2, -0.15) is 0 Å². The van der Waals surface area contributed by atoms with Gasteiger partial charge in [0.2, 0.25) is 9.84 Å². The minimum atomic E-state index is -3.48. The monoisotopic (exact) mass is 370 g/mol. The van der Waals surface area contributed by atoms with E-state index in [0.29, 0.717) is 21.8 Å². The first kappa shape index (κ1) is 17.6. The van der Waals surface area contributed by atoms with E-state index in [0.717, 1.165) is 31.5 Å². The zero-order valence-corrected chi connectivity index (χ0v) is 16.5. The Morgan fingerprint density at radius 3 is 2.31 bits per heavy atom. The molecular weight excluding hydrogens is 344 g/mol. The number of likely N-dealkylation sites (N-methyl/N-ethyl adjacent to an activating group) is 1. The molecule has 138 valence electrons. The van der Waals surface area contributed by atoms with Crippen LogP contribution in [-0.4, -0.2) is 46.5 Å². The van der Waals surface area contributed by atoms with Crippen molar-refractivity contribution in [3.05, 3.63) is 53.6 Å². The van der Waals surface area contributed by atoms with Gasteiger partial charge in [0.25, 0.3) is 0 Å². The highest BCUT2D eigenvalue weighted by atomic mass is 32.2. The van der Waals surface area contributed by atoms with Crippen molar-refractivity contribution in [3.8, 4) is 0 Å². The van der Waals surface area contributed by atoms with Crippen molar-refractivity contribution in [2.75, 3.05) is 32.1 Å². The molecule has 1 unspecified atom stereocenters. The number of likely N-dealkylation sites (tertiary alicyclic amines) is 1. The molecule has 2 aliphatic heterocycles. The van der Waals surface area contributed by atoms with E-state index in [1.165, 1.54) is 11.3 Å². The Labute approximate surface area is 156 Å². The van der Waals surface area contributed by atoms with Crippen LogP contribution in [0.3, 0.4) is 0 Å². The van der Waals surface area contributed by atoms with E-state index in [-0.39, 0.29) is 0 Å². The quantitative estimate of drug-likeness (QED) is 0.812. The predicted octanol–water partition coefficient (Wildman–Crippen LogP) is 3.46. The standard InChI is InChI=1S/C21H26N2O2S/c1-15-4-6-16(7-5-15)26(24,25)17-8-9-20-19(14-17)18-10-12-22(2)13-11-21(18)23(20)3/h4-9,14,18,21H,10-13H2,1-3H3/t18-,21?/m1/s1. The number of nitrogens with zero attached hydrogens (tertiary/aromatic N) is 2. The second-order valence-electron chi connectivity index (χ2n) is 7.70. The van der Waals surface area contributed by atoms with Crippen LogP contribution < -0.4 is 4.90 Å². The summed E-state index contributed by atoms with van der Waals surface area (Å²) < 4.78 is 26.2. The summed E-state index contributed by atoms with van der Waals surface area (Å²) in [4.78, 5) is 5.50. The fourth-order valence-electron chi connectivity index (χ4n) is 4.39. The van der Waals surface area contributed by atoms with E-state index in [9.17, 15) is 8.42 Å². The molecule has 5 heteroatoms. The van der Waals surface area contributed by atoms with Crippen molar-refractivity contribution in [2.45, 2.75) is 41.5 Å². The first-order chi connectivity index (χ1) is 12.4. The number of aryl methyl sites for hydroxylation is 1. The third-order valence-corrected chi connectivity index (χ3v) is 7.78. The molecule has 2 atom stereocenters. The van der Waals surface area contributed by atoms with Gasteiger partial charge >= 0.3 is 0 Å². The fraction of sp³-hybridized carbons (Fsp3) is 0.429. The molecule has 1 fully saturated rings. The third-order valence-electron chi connectivity index (χ3n) is 6.01. The molecule has 4 rings (SSSR count). The SMILES string of the molecule is Cc1ccc(S(=O)(=O)c2ccc3c(c2)[C@H]2CCN(C)CCC2N3C)cc1. The number of sulfone groups is 1. The average molecular weight is 371 g/mol. The van der Waals surface area contributed by atoms with Gasteiger partial charge in [-0.25, -0.2) is 8.42 Å². The minimum Gasteiger partial charge on any atom is -0.371 e. The molecule has 0 radical (unpaired) electrons. The van der Waals surface area contributed by atoms with Crippen LogP contribution in [0.1, 0.15) is 29.9 Å². The maximum atomic E-state index is 13.1. The molecule has 2 aromatic rings. The maximum Gasteiger partial charge on any atom is 0.206 e. The molecule has 2 heterocycles. The third kappa shape index (κ3) is 2.83. The van der Waals surface area contributed by atoms with Gasteiger partial charge in [0, 0.05) is 24.7 Å². The zero-order valence-electron chi connectivity index (χ0n) is 15.6. The van der Waals surface area contributed by atoms with Crippen molar-refractivity contribution < 1.29 is 8.42 Å². The molecule has 0 spiro atoms. The van der Waals surface area contributed by atoms with E-state index in [1.807, 2.05) is 31.2 Å². The van der Waals surface area contributed by atoms with Crippen LogP contribution in [0.25, 0.3) is 0 Å². The molecule has 2 aliphatic rings. The van der Waals surface area contributed by atoms with Crippen LogP contribution >= 0.6 is 0 Å². The molecule has 0 amide bonds. The first-order valence-corrected chi connectivity index (χ1v) is 10.7. The smallest absolute Gasteiger partial charge is 0.206 e. The molecule has 0 aliphatic carbocycles. The minimum absolute atomic E-state index is 0.367.